The van der Waals surface area contributed by atoms with Gasteiger partial charge in [-0.1, -0.05) is 49.2 Å². The Balaban J connectivity index is 2.16. The van der Waals surface area contributed by atoms with Crippen LogP contribution in [0.25, 0.3) is 11.0 Å². The van der Waals surface area contributed by atoms with Crippen molar-refractivity contribution in [1.82, 2.24) is 9.55 Å². The van der Waals surface area contributed by atoms with Gasteiger partial charge in [-0.15, -0.1) is 0 Å². The lowest BCUT2D eigenvalue weighted by Crippen LogP contribution is -2.06. The van der Waals surface area contributed by atoms with Crippen molar-refractivity contribution in [3.63, 3.8) is 0 Å². The van der Waals surface area contributed by atoms with Crippen molar-refractivity contribution in [2.75, 3.05) is 0 Å². The third-order valence-electron chi connectivity index (χ3n) is 3.73. The maximum atomic E-state index is 9.07. The zero-order valence-electron chi connectivity index (χ0n) is 12.8. The predicted octanol–water partition coefficient (Wildman–Crippen LogP) is 5.39. The lowest BCUT2D eigenvalue weighted by molar-refractivity contribution is 0.683. The second-order valence-electron chi connectivity index (χ2n) is 5.78. The maximum Gasteiger partial charge on any atom is 0.112 e. The Bertz CT molecular complexity index is 920. The molecule has 0 amide bonds. The summed E-state index contributed by atoms with van der Waals surface area (Å²) in [5, 5.41) is 10.1. The minimum atomic E-state index is 0.263. The van der Waals surface area contributed by atoms with Crippen molar-refractivity contribution in [2.45, 2.75) is 26.3 Å². The van der Waals surface area contributed by atoms with Crippen LogP contribution in [0.3, 0.4) is 0 Å². The Kier molecular flexibility index (Phi) is 4.30. The van der Waals surface area contributed by atoms with Crippen molar-refractivity contribution in [2.24, 2.45) is 0 Å². The van der Waals surface area contributed by atoms with Gasteiger partial charge in [-0.05, 0) is 29.8 Å². The Morgan fingerprint density at radius 1 is 1.17 bits per heavy atom. The standard InChI is InChI=1S/C18H15Cl2N3/c1-11(2)18-22-16-7-14(19)15(20)8-17(16)23(18)10-13-5-3-4-12(6-13)9-21/h3-8,11H,10H2,1-2H3. The van der Waals surface area contributed by atoms with Crippen LogP contribution in [0.1, 0.15) is 36.7 Å². The van der Waals surface area contributed by atoms with Crippen LogP contribution in [0.2, 0.25) is 10.0 Å². The Morgan fingerprint density at radius 3 is 2.61 bits per heavy atom. The summed E-state index contributed by atoms with van der Waals surface area (Å²) in [6.45, 7) is 4.84. The minimum absolute atomic E-state index is 0.263. The summed E-state index contributed by atoms with van der Waals surface area (Å²) in [7, 11) is 0. The highest BCUT2D eigenvalue weighted by molar-refractivity contribution is 6.42. The van der Waals surface area contributed by atoms with Crippen molar-refractivity contribution < 1.29 is 0 Å². The molecule has 0 fully saturated rings. The number of nitriles is 1. The molecule has 0 atom stereocenters. The number of benzene rings is 2. The number of nitrogens with zero attached hydrogens (tertiary/aromatic N) is 3. The van der Waals surface area contributed by atoms with E-state index in [0.29, 0.717) is 22.2 Å². The minimum Gasteiger partial charge on any atom is -0.323 e. The molecule has 3 nitrogen and oxygen atoms in total. The van der Waals surface area contributed by atoms with Gasteiger partial charge >= 0.3 is 0 Å². The van der Waals surface area contributed by atoms with Gasteiger partial charge in [0.1, 0.15) is 5.82 Å². The largest absolute Gasteiger partial charge is 0.323 e. The van der Waals surface area contributed by atoms with Gasteiger partial charge in [0.15, 0.2) is 0 Å². The van der Waals surface area contributed by atoms with Gasteiger partial charge in [0.2, 0.25) is 0 Å². The van der Waals surface area contributed by atoms with Crippen LogP contribution in [-0.2, 0) is 6.54 Å². The van der Waals surface area contributed by atoms with Crippen LogP contribution >= 0.6 is 23.2 Å². The summed E-state index contributed by atoms with van der Waals surface area (Å²) in [5.74, 6) is 1.24. The smallest absolute Gasteiger partial charge is 0.112 e. The molecule has 3 aromatic rings. The molecule has 0 aliphatic heterocycles. The molecular weight excluding hydrogens is 329 g/mol. The average Bonchev–Trinajstić information content (AvgIpc) is 2.86. The first-order valence-corrected chi connectivity index (χ1v) is 8.09. The topological polar surface area (TPSA) is 41.6 Å². The molecule has 5 heteroatoms. The molecule has 1 heterocycles. The van der Waals surface area contributed by atoms with Crippen molar-refractivity contribution in [1.29, 1.82) is 5.26 Å². The van der Waals surface area contributed by atoms with Crippen LogP contribution in [0.4, 0.5) is 0 Å². The summed E-state index contributed by atoms with van der Waals surface area (Å²) >= 11 is 12.3. The van der Waals surface area contributed by atoms with Gasteiger partial charge in [0.25, 0.3) is 0 Å². The van der Waals surface area contributed by atoms with Gasteiger partial charge in [0.05, 0.1) is 32.7 Å². The second kappa shape index (κ2) is 6.23. The first-order chi connectivity index (χ1) is 11.0. The maximum absolute atomic E-state index is 9.07. The van der Waals surface area contributed by atoms with Crippen LogP contribution in [0, 0.1) is 11.3 Å². The van der Waals surface area contributed by atoms with Crippen molar-refractivity contribution >= 4 is 34.2 Å². The fourth-order valence-corrected chi connectivity index (χ4v) is 2.98. The summed E-state index contributed by atoms with van der Waals surface area (Å²) in [5.41, 5.74) is 3.49. The van der Waals surface area contributed by atoms with Crippen LogP contribution in [0.5, 0.6) is 0 Å². The summed E-state index contributed by atoms with van der Waals surface area (Å²) in [4.78, 5) is 4.71. The molecule has 3 rings (SSSR count). The molecule has 0 saturated heterocycles. The normalized spacial score (nSPS) is 11.1. The summed E-state index contributed by atoms with van der Waals surface area (Å²) < 4.78 is 2.14. The van der Waals surface area contributed by atoms with Crippen LogP contribution < -0.4 is 0 Å². The molecule has 0 N–H and O–H groups in total. The number of hydrogen-bond donors (Lipinski definition) is 0. The first-order valence-electron chi connectivity index (χ1n) is 7.34. The van der Waals surface area contributed by atoms with E-state index < -0.39 is 0 Å². The Morgan fingerprint density at radius 2 is 1.91 bits per heavy atom. The van der Waals surface area contributed by atoms with Crippen molar-refractivity contribution in [3.8, 4) is 6.07 Å². The van der Waals surface area contributed by atoms with E-state index in [1.54, 1.807) is 12.1 Å². The highest BCUT2D eigenvalue weighted by Crippen LogP contribution is 2.30. The van der Waals surface area contributed by atoms with Gasteiger partial charge in [-0.25, -0.2) is 4.98 Å². The van der Waals surface area contributed by atoms with Crippen molar-refractivity contribution in [3.05, 3.63) is 63.4 Å². The number of halogens is 2. The van der Waals surface area contributed by atoms with E-state index in [1.165, 1.54) is 0 Å². The molecule has 1 aromatic heterocycles. The summed E-state index contributed by atoms with van der Waals surface area (Å²) in [6, 6.07) is 13.4. The zero-order chi connectivity index (χ0) is 16.6. The quantitative estimate of drug-likeness (QED) is 0.639. The molecule has 2 aromatic carbocycles. The van der Waals surface area contributed by atoms with E-state index in [2.05, 4.69) is 24.5 Å². The monoisotopic (exact) mass is 343 g/mol. The molecule has 0 saturated carbocycles. The molecule has 0 unspecified atom stereocenters. The molecule has 0 spiro atoms. The van der Waals surface area contributed by atoms with E-state index in [9.17, 15) is 0 Å². The zero-order valence-corrected chi connectivity index (χ0v) is 14.4. The fraction of sp³-hybridized carbons (Fsp3) is 0.222. The molecule has 0 bridgehead atoms. The van der Waals surface area contributed by atoms with Gasteiger partial charge in [-0.2, -0.15) is 5.26 Å². The Labute approximate surface area is 145 Å². The van der Waals surface area contributed by atoms with Gasteiger partial charge in [0, 0.05) is 12.5 Å². The fourth-order valence-electron chi connectivity index (χ4n) is 2.67. The highest BCUT2D eigenvalue weighted by Gasteiger charge is 2.16. The van der Waals surface area contributed by atoms with Gasteiger partial charge in [-0.3, -0.25) is 0 Å². The molecule has 0 aliphatic rings. The predicted molar refractivity (Wildman–Crippen MR) is 94.1 cm³/mol. The van der Waals surface area contributed by atoms with E-state index in [1.807, 2.05) is 24.3 Å². The van der Waals surface area contributed by atoms with E-state index in [4.69, 9.17) is 33.4 Å². The second-order valence-corrected chi connectivity index (χ2v) is 6.59. The van der Waals surface area contributed by atoms with Crippen LogP contribution in [0.15, 0.2) is 36.4 Å². The number of hydrogen-bond acceptors (Lipinski definition) is 2. The molecular formula is C18H15Cl2N3. The summed E-state index contributed by atoms with van der Waals surface area (Å²) in [6.07, 6.45) is 0. The average molecular weight is 344 g/mol. The van der Waals surface area contributed by atoms with E-state index in [-0.39, 0.29) is 5.92 Å². The van der Waals surface area contributed by atoms with Crippen LogP contribution in [-0.4, -0.2) is 9.55 Å². The number of imidazole rings is 1. The third kappa shape index (κ3) is 3.06. The SMILES string of the molecule is CC(C)c1nc2cc(Cl)c(Cl)cc2n1Cc1cccc(C#N)c1. The molecule has 116 valence electrons. The lowest BCUT2D eigenvalue weighted by atomic mass is 10.1. The molecule has 0 radical (unpaired) electrons. The third-order valence-corrected chi connectivity index (χ3v) is 4.46. The highest BCUT2D eigenvalue weighted by atomic mass is 35.5. The number of aromatic nitrogens is 2. The Hall–Kier alpha value is -2.02. The van der Waals surface area contributed by atoms with E-state index in [0.717, 1.165) is 22.4 Å². The first kappa shape index (κ1) is 15.9. The molecule has 0 aliphatic carbocycles. The van der Waals surface area contributed by atoms with Gasteiger partial charge < -0.3 is 4.57 Å². The number of rotatable bonds is 3. The van der Waals surface area contributed by atoms with E-state index >= 15 is 0 Å². The lowest BCUT2D eigenvalue weighted by Gasteiger charge is -2.12. The number of fused-ring (bicyclic) bond motifs is 1. The molecule has 23 heavy (non-hydrogen) atoms.